The Labute approximate surface area is 185 Å². The van der Waals surface area contributed by atoms with Crippen LogP contribution in [0, 0.1) is 0 Å². The highest BCUT2D eigenvalue weighted by Gasteiger charge is 2.38. The zero-order chi connectivity index (χ0) is 22.5. The highest BCUT2D eigenvalue weighted by Crippen LogP contribution is 2.39. The summed E-state index contributed by atoms with van der Waals surface area (Å²) in [4.78, 5) is 23.5. The van der Waals surface area contributed by atoms with Gasteiger partial charge in [0.05, 0.1) is 29.0 Å². The van der Waals surface area contributed by atoms with Crippen LogP contribution >= 0.6 is 0 Å². The predicted octanol–water partition coefficient (Wildman–Crippen LogP) is 2.35. The van der Waals surface area contributed by atoms with Crippen molar-refractivity contribution >= 4 is 29.0 Å². The Hall–Kier alpha value is -3.95. The fourth-order valence-electron chi connectivity index (χ4n) is 4.14. The standard InChI is InChI=1S/C22H25N9O/c1-13-20(30-9-7-17-19(12-30)27-29-26-17)23-8-10-31(13)28-14(2)24-15-5-6-16-18(11-15)25-21(32)22(16,3)4/h5-6,8,10-11H,1,7,9,12H2,2-4H3,(H,24,28)(H,25,32)(H,26,27,29). The average Bonchev–Trinajstić information content (AvgIpc) is 3.31. The number of hydrogen-bond donors (Lipinski definition) is 3. The van der Waals surface area contributed by atoms with Gasteiger partial charge in [0.25, 0.3) is 0 Å². The molecule has 32 heavy (non-hydrogen) atoms. The van der Waals surface area contributed by atoms with Gasteiger partial charge in [-0.1, -0.05) is 12.6 Å². The molecule has 0 aliphatic carbocycles. The molecular weight excluding hydrogens is 406 g/mol. The van der Waals surface area contributed by atoms with Crippen molar-refractivity contribution in [1.82, 2.24) is 30.7 Å². The molecule has 0 atom stereocenters. The summed E-state index contributed by atoms with van der Waals surface area (Å²) in [5.74, 6) is 1.46. The lowest BCUT2D eigenvalue weighted by Crippen LogP contribution is -2.45. The summed E-state index contributed by atoms with van der Waals surface area (Å²) in [7, 11) is 0. The smallest absolute Gasteiger partial charge is 0.234 e. The molecule has 0 radical (unpaired) electrons. The first-order valence-corrected chi connectivity index (χ1v) is 10.5. The lowest BCUT2D eigenvalue weighted by molar-refractivity contribution is -0.119. The van der Waals surface area contributed by atoms with Crippen molar-refractivity contribution in [2.24, 2.45) is 9.98 Å². The summed E-state index contributed by atoms with van der Waals surface area (Å²) >= 11 is 0. The van der Waals surface area contributed by atoms with Crippen LogP contribution in [0.15, 0.2) is 52.9 Å². The SMILES string of the molecule is C=C1C(N2CCc3n[nH]nc3C2)=NC=CN1NC(C)=Nc1ccc2c(c1)NC(=O)C2(C)C. The summed E-state index contributed by atoms with van der Waals surface area (Å²) in [6, 6.07) is 5.77. The number of nitrogens with one attached hydrogen (secondary N) is 3. The van der Waals surface area contributed by atoms with E-state index in [1.807, 2.05) is 45.2 Å². The highest BCUT2D eigenvalue weighted by atomic mass is 16.2. The van der Waals surface area contributed by atoms with Crippen LogP contribution < -0.4 is 10.7 Å². The van der Waals surface area contributed by atoms with E-state index in [0.29, 0.717) is 12.4 Å². The van der Waals surface area contributed by atoms with Gasteiger partial charge >= 0.3 is 0 Å². The highest BCUT2D eigenvalue weighted by molar-refractivity contribution is 6.06. The van der Waals surface area contributed by atoms with Gasteiger partial charge < -0.3 is 10.2 Å². The topological polar surface area (TPSA) is 114 Å². The molecule has 0 unspecified atom stereocenters. The molecule has 2 aromatic rings. The first-order chi connectivity index (χ1) is 15.3. The molecule has 0 fully saturated rings. The molecule has 0 bridgehead atoms. The quantitative estimate of drug-likeness (QED) is 0.497. The van der Waals surface area contributed by atoms with Crippen LogP contribution in [-0.4, -0.2) is 49.4 Å². The van der Waals surface area contributed by atoms with Crippen molar-refractivity contribution in [3.05, 3.63) is 59.8 Å². The Kier molecular flexibility index (Phi) is 4.58. The van der Waals surface area contributed by atoms with Crippen LogP contribution in [-0.2, 0) is 23.2 Å². The largest absolute Gasteiger partial charge is 0.348 e. The minimum absolute atomic E-state index is 0.000463. The fraction of sp³-hybridized carbons (Fsp3) is 0.318. The van der Waals surface area contributed by atoms with Gasteiger partial charge in [0, 0.05) is 31.1 Å². The molecule has 3 N–H and O–H groups in total. The van der Waals surface area contributed by atoms with Gasteiger partial charge in [0.15, 0.2) is 5.84 Å². The second kappa shape index (κ2) is 7.33. The number of aromatic nitrogens is 3. The maximum atomic E-state index is 12.2. The van der Waals surface area contributed by atoms with E-state index >= 15 is 0 Å². The number of hydrazine groups is 1. The van der Waals surface area contributed by atoms with E-state index in [-0.39, 0.29) is 5.91 Å². The molecule has 1 amide bonds. The number of aliphatic imine (C=N–C) groups is 2. The van der Waals surface area contributed by atoms with E-state index in [9.17, 15) is 4.79 Å². The van der Waals surface area contributed by atoms with Gasteiger partial charge in [-0.15, -0.1) is 0 Å². The summed E-state index contributed by atoms with van der Waals surface area (Å²) in [6.07, 6.45) is 4.35. The number of amidine groups is 2. The van der Waals surface area contributed by atoms with Crippen molar-refractivity contribution in [2.75, 3.05) is 11.9 Å². The minimum Gasteiger partial charge on any atom is -0.348 e. The van der Waals surface area contributed by atoms with Gasteiger partial charge in [-0.25, -0.2) is 9.98 Å². The molecule has 10 nitrogen and oxygen atoms in total. The van der Waals surface area contributed by atoms with Gasteiger partial charge in [-0.2, -0.15) is 15.4 Å². The van der Waals surface area contributed by atoms with E-state index in [1.165, 1.54) is 0 Å². The van der Waals surface area contributed by atoms with Crippen LogP contribution in [0.3, 0.4) is 0 Å². The first kappa shape index (κ1) is 20.0. The molecule has 4 heterocycles. The fourth-order valence-corrected chi connectivity index (χ4v) is 4.14. The van der Waals surface area contributed by atoms with Gasteiger partial charge in [0.1, 0.15) is 11.5 Å². The molecule has 1 aromatic heterocycles. The molecule has 164 valence electrons. The summed E-state index contributed by atoms with van der Waals surface area (Å²) < 4.78 is 0. The van der Waals surface area contributed by atoms with E-state index in [4.69, 9.17) is 0 Å². The third-order valence-electron chi connectivity index (χ3n) is 5.99. The Balaban J connectivity index is 1.29. The molecule has 3 aliphatic heterocycles. The van der Waals surface area contributed by atoms with Crippen LogP contribution in [0.2, 0.25) is 0 Å². The Morgan fingerprint density at radius 3 is 2.94 bits per heavy atom. The number of benzene rings is 1. The lowest BCUT2D eigenvalue weighted by Gasteiger charge is -2.34. The minimum atomic E-state index is -0.530. The monoisotopic (exact) mass is 431 g/mol. The van der Waals surface area contributed by atoms with Crippen molar-refractivity contribution in [1.29, 1.82) is 0 Å². The van der Waals surface area contributed by atoms with E-state index in [1.54, 1.807) is 11.2 Å². The second-order valence-electron chi connectivity index (χ2n) is 8.57. The third-order valence-corrected chi connectivity index (χ3v) is 5.99. The normalized spacial score (nSPS) is 19.5. The number of anilines is 1. The van der Waals surface area contributed by atoms with Crippen LogP contribution in [0.1, 0.15) is 37.7 Å². The molecule has 0 saturated carbocycles. The number of carbonyl (C=O) groups is 1. The maximum absolute atomic E-state index is 12.2. The Morgan fingerprint density at radius 1 is 1.28 bits per heavy atom. The van der Waals surface area contributed by atoms with Crippen molar-refractivity contribution in [2.45, 2.75) is 39.2 Å². The Morgan fingerprint density at radius 2 is 2.09 bits per heavy atom. The number of nitrogens with zero attached hydrogens (tertiary/aromatic N) is 6. The number of aromatic amines is 1. The first-order valence-electron chi connectivity index (χ1n) is 10.5. The Bertz CT molecular complexity index is 1200. The van der Waals surface area contributed by atoms with Crippen molar-refractivity contribution in [3.63, 3.8) is 0 Å². The van der Waals surface area contributed by atoms with Crippen molar-refractivity contribution in [3.8, 4) is 0 Å². The van der Waals surface area contributed by atoms with Crippen LogP contribution in [0.4, 0.5) is 11.4 Å². The molecule has 1 aromatic carbocycles. The van der Waals surface area contributed by atoms with Gasteiger partial charge in [0.2, 0.25) is 5.91 Å². The van der Waals surface area contributed by atoms with Gasteiger partial charge in [-0.05, 0) is 38.5 Å². The van der Waals surface area contributed by atoms with Crippen LogP contribution in [0.5, 0.6) is 0 Å². The van der Waals surface area contributed by atoms with E-state index in [0.717, 1.165) is 52.8 Å². The number of rotatable bonds is 2. The summed E-state index contributed by atoms with van der Waals surface area (Å²) in [5, 5.41) is 15.8. The number of carbonyl (C=O) groups excluding carboxylic acids is 1. The summed E-state index contributed by atoms with van der Waals surface area (Å²) in [6.45, 7) is 11.4. The van der Waals surface area contributed by atoms with Crippen LogP contribution in [0.25, 0.3) is 0 Å². The summed E-state index contributed by atoms with van der Waals surface area (Å²) in [5.41, 5.74) is 7.94. The zero-order valence-electron chi connectivity index (χ0n) is 18.3. The zero-order valence-corrected chi connectivity index (χ0v) is 18.3. The number of fused-ring (bicyclic) bond motifs is 2. The maximum Gasteiger partial charge on any atom is 0.234 e. The molecule has 10 heteroatoms. The number of H-pyrrole nitrogens is 1. The molecule has 0 saturated heterocycles. The molecular formula is C22H25N9O. The van der Waals surface area contributed by atoms with E-state index < -0.39 is 5.41 Å². The molecule has 0 spiro atoms. The molecule has 5 rings (SSSR count). The van der Waals surface area contributed by atoms with E-state index in [2.05, 4.69) is 47.6 Å². The average molecular weight is 432 g/mol. The lowest BCUT2D eigenvalue weighted by atomic mass is 9.86. The second-order valence-corrected chi connectivity index (χ2v) is 8.57. The van der Waals surface area contributed by atoms with Crippen molar-refractivity contribution < 1.29 is 4.79 Å². The van der Waals surface area contributed by atoms with Gasteiger partial charge in [-0.3, -0.25) is 15.2 Å². The third kappa shape index (κ3) is 3.33. The predicted molar refractivity (Wildman–Crippen MR) is 122 cm³/mol. The molecule has 3 aliphatic rings. The number of hydrogen-bond acceptors (Lipinski definition) is 7. The number of amides is 1.